The highest BCUT2D eigenvalue weighted by atomic mass is 16.5. The zero-order chi connectivity index (χ0) is 15.3. The standard InChI is InChI=1S/C16H32N2O2/c1-12(2)14(11-20-6)17-13-7-9-18(10-8-13)15(19)16(3,4)5/h12-14,17H,7-11H2,1-6H3. The number of nitrogens with one attached hydrogen (secondary N) is 1. The van der Waals surface area contributed by atoms with Gasteiger partial charge in [-0.25, -0.2) is 0 Å². The Labute approximate surface area is 124 Å². The van der Waals surface area contributed by atoms with Crippen molar-refractivity contribution in [1.29, 1.82) is 0 Å². The second-order valence-corrected chi connectivity index (χ2v) is 7.29. The summed E-state index contributed by atoms with van der Waals surface area (Å²) in [6, 6.07) is 0.899. The monoisotopic (exact) mass is 284 g/mol. The molecule has 1 aliphatic heterocycles. The van der Waals surface area contributed by atoms with E-state index in [1.54, 1.807) is 7.11 Å². The van der Waals surface area contributed by atoms with E-state index in [-0.39, 0.29) is 11.3 Å². The Morgan fingerprint density at radius 1 is 1.30 bits per heavy atom. The maximum absolute atomic E-state index is 12.2. The van der Waals surface area contributed by atoms with E-state index in [1.807, 2.05) is 25.7 Å². The van der Waals surface area contributed by atoms with Gasteiger partial charge in [0, 0.05) is 37.7 Å². The molecule has 4 heteroatoms. The predicted octanol–water partition coefficient (Wildman–Crippen LogP) is 2.28. The minimum atomic E-state index is -0.267. The molecule has 1 heterocycles. The number of piperidine rings is 1. The highest BCUT2D eigenvalue weighted by Gasteiger charge is 2.31. The Balaban J connectivity index is 2.44. The third-order valence-electron chi connectivity index (χ3n) is 4.02. The Kier molecular flexibility index (Phi) is 6.46. The van der Waals surface area contributed by atoms with Crippen LogP contribution in [0.3, 0.4) is 0 Å². The van der Waals surface area contributed by atoms with E-state index in [0.29, 0.717) is 18.0 Å². The topological polar surface area (TPSA) is 41.6 Å². The first-order chi connectivity index (χ1) is 9.25. The Bertz CT molecular complexity index is 302. The maximum atomic E-state index is 12.2. The van der Waals surface area contributed by atoms with Crippen LogP contribution in [0.4, 0.5) is 0 Å². The van der Waals surface area contributed by atoms with Gasteiger partial charge < -0.3 is 15.0 Å². The fourth-order valence-corrected chi connectivity index (χ4v) is 2.64. The molecule has 1 saturated heterocycles. The van der Waals surface area contributed by atoms with Crippen LogP contribution >= 0.6 is 0 Å². The summed E-state index contributed by atoms with van der Waals surface area (Å²) in [6.45, 7) is 12.9. The van der Waals surface area contributed by atoms with Crippen LogP contribution in [0.25, 0.3) is 0 Å². The normalized spacial score (nSPS) is 19.4. The Morgan fingerprint density at radius 3 is 2.25 bits per heavy atom. The number of likely N-dealkylation sites (tertiary alicyclic amines) is 1. The average molecular weight is 284 g/mol. The minimum Gasteiger partial charge on any atom is -0.383 e. The molecule has 1 rings (SSSR count). The van der Waals surface area contributed by atoms with Crippen molar-refractivity contribution in [2.24, 2.45) is 11.3 Å². The van der Waals surface area contributed by atoms with Crippen molar-refractivity contribution in [3.8, 4) is 0 Å². The first-order valence-electron chi connectivity index (χ1n) is 7.80. The highest BCUT2D eigenvalue weighted by Crippen LogP contribution is 2.21. The molecular formula is C16H32N2O2. The Hall–Kier alpha value is -0.610. The summed E-state index contributed by atoms with van der Waals surface area (Å²) in [7, 11) is 1.75. The van der Waals surface area contributed by atoms with Crippen LogP contribution in [-0.2, 0) is 9.53 Å². The van der Waals surface area contributed by atoms with Gasteiger partial charge in [-0.3, -0.25) is 4.79 Å². The van der Waals surface area contributed by atoms with E-state index in [0.717, 1.165) is 32.5 Å². The van der Waals surface area contributed by atoms with Crippen molar-refractivity contribution in [2.45, 2.75) is 59.5 Å². The summed E-state index contributed by atoms with van der Waals surface area (Å²) in [6.07, 6.45) is 2.07. The SMILES string of the molecule is COCC(NC1CCN(C(=O)C(C)(C)C)CC1)C(C)C. The fraction of sp³-hybridized carbons (Fsp3) is 0.938. The van der Waals surface area contributed by atoms with Crippen LogP contribution in [0.5, 0.6) is 0 Å². The van der Waals surface area contributed by atoms with Crippen LogP contribution in [-0.4, -0.2) is 49.7 Å². The van der Waals surface area contributed by atoms with Crippen molar-refractivity contribution >= 4 is 5.91 Å². The molecule has 1 amide bonds. The quantitative estimate of drug-likeness (QED) is 0.842. The first kappa shape index (κ1) is 17.4. The van der Waals surface area contributed by atoms with Crippen molar-refractivity contribution in [3.63, 3.8) is 0 Å². The lowest BCUT2D eigenvalue weighted by Gasteiger charge is -2.37. The third kappa shape index (κ3) is 5.06. The van der Waals surface area contributed by atoms with Crippen molar-refractivity contribution < 1.29 is 9.53 Å². The molecule has 0 spiro atoms. The van der Waals surface area contributed by atoms with Gasteiger partial charge >= 0.3 is 0 Å². The summed E-state index contributed by atoms with van der Waals surface area (Å²) < 4.78 is 5.28. The number of amides is 1. The van der Waals surface area contributed by atoms with Gasteiger partial charge in [-0.2, -0.15) is 0 Å². The van der Waals surface area contributed by atoms with Crippen LogP contribution in [0.2, 0.25) is 0 Å². The minimum absolute atomic E-state index is 0.267. The predicted molar refractivity (Wildman–Crippen MR) is 82.7 cm³/mol. The van der Waals surface area contributed by atoms with E-state index in [1.165, 1.54) is 0 Å². The van der Waals surface area contributed by atoms with Gasteiger partial charge in [0.05, 0.1) is 6.61 Å². The summed E-state index contributed by atoms with van der Waals surface area (Å²) in [5.74, 6) is 0.831. The van der Waals surface area contributed by atoms with Crippen LogP contribution in [0.1, 0.15) is 47.5 Å². The van der Waals surface area contributed by atoms with E-state index >= 15 is 0 Å². The molecular weight excluding hydrogens is 252 g/mol. The van der Waals surface area contributed by atoms with Gasteiger partial charge in [0.25, 0.3) is 0 Å². The Morgan fingerprint density at radius 2 is 1.85 bits per heavy atom. The molecule has 1 fully saturated rings. The van der Waals surface area contributed by atoms with E-state index in [9.17, 15) is 4.79 Å². The van der Waals surface area contributed by atoms with Gasteiger partial charge in [-0.05, 0) is 18.8 Å². The molecule has 0 bridgehead atoms. The van der Waals surface area contributed by atoms with Crippen molar-refractivity contribution in [2.75, 3.05) is 26.8 Å². The molecule has 1 atom stereocenters. The van der Waals surface area contributed by atoms with Gasteiger partial charge in [-0.1, -0.05) is 34.6 Å². The number of hydrogen-bond acceptors (Lipinski definition) is 3. The van der Waals surface area contributed by atoms with E-state index in [4.69, 9.17) is 4.74 Å². The van der Waals surface area contributed by atoms with Crippen LogP contribution in [0, 0.1) is 11.3 Å². The summed E-state index contributed by atoms with van der Waals surface area (Å²) in [4.78, 5) is 14.3. The van der Waals surface area contributed by atoms with E-state index < -0.39 is 0 Å². The van der Waals surface area contributed by atoms with Crippen molar-refractivity contribution in [1.82, 2.24) is 10.2 Å². The summed E-state index contributed by atoms with van der Waals surface area (Å²) in [5, 5.41) is 3.69. The van der Waals surface area contributed by atoms with Gasteiger partial charge in [0.2, 0.25) is 5.91 Å². The van der Waals surface area contributed by atoms with Crippen molar-refractivity contribution in [3.05, 3.63) is 0 Å². The molecule has 4 nitrogen and oxygen atoms in total. The molecule has 0 saturated carbocycles. The first-order valence-corrected chi connectivity index (χ1v) is 7.80. The maximum Gasteiger partial charge on any atom is 0.227 e. The molecule has 1 N–H and O–H groups in total. The fourth-order valence-electron chi connectivity index (χ4n) is 2.64. The molecule has 1 aliphatic rings. The summed E-state index contributed by atoms with van der Waals surface area (Å²) in [5.41, 5.74) is -0.267. The lowest BCUT2D eigenvalue weighted by atomic mass is 9.92. The van der Waals surface area contributed by atoms with Gasteiger partial charge in [0.15, 0.2) is 0 Å². The smallest absolute Gasteiger partial charge is 0.227 e. The van der Waals surface area contributed by atoms with Crippen LogP contribution in [0.15, 0.2) is 0 Å². The second kappa shape index (κ2) is 7.41. The molecule has 0 aromatic rings. The molecule has 0 aliphatic carbocycles. The lowest BCUT2D eigenvalue weighted by molar-refractivity contribution is -0.140. The number of hydrogen-bond donors (Lipinski definition) is 1. The zero-order valence-corrected chi connectivity index (χ0v) is 14.0. The average Bonchev–Trinajstić information content (AvgIpc) is 2.37. The summed E-state index contributed by atoms with van der Waals surface area (Å²) >= 11 is 0. The number of nitrogens with zero attached hydrogens (tertiary/aromatic N) is 1. The van der Waals surface area contributed by atoms with Gasteiger partial charge in [-0.15, -0.1) is 0 Å². The second-order valence-electron chi connectivity index (χ2n) is 7.29. The van der Waals surface area contributed by atoms with Gasteiger partial charge in [0.1, 0.15) is 0 Å². The highest BCUT2D eigenvalue weighted by molar-refractivity contribution is 5.81. The third-order valence-corrected chi connectivity index (χ3v) is 4.02. The number of carbonyl (C=O) groups is 1. The van der Waals surface area contributed by atoms with E-state index in [2.05, 4.69) is 19.2 Å². The van der Waals surface area contributed by atoms with Crippen LogP contribution < -0.4 is 5.32 Å². The molecule has 1 unspecified atom stereocenters. The number of ether oxygens (including phenoxy) is 1. The largest absolute Gasteiger partial charge is 0.383 e. The molecule has 118 valence electrons. The molecule has 20 heavy (non-hydrogen) atoms. The lowest BCUT2D eigenvalue weighted by Crippen LogP contribution is -2.51. The zero-order valence-electron chi connectivity index (χ0n) is 14.0. The number of rotatable bonds is 5. The molecule has 0 aromatic carbocycles. The number of carbonyl (C=O) groups excluding carboxylic acids is 1. The number of methoxy groups -OCH3 is 1. The molecule has 0 aromatic heterocycles. The molecule has 0 radical (unpaired) electrons.